The Balaban J connectivity index is 1.97. The molecule has 104 valence electrons. The van der Waals surface area contributed by atoms with Crippen LogP contribution in [0, 0.1) is 0 Å². The quantitative estimate of drug-likeness (QED) is 0.872. The van der Waals surface area contributed by atoms with E-state index in [-0.39, 0.29) is 6.04 Å². The molecule has 0 bridgehead atoms. The molecule has 1 fully saturated rings. The van der Waals surface area contributed by atoms with Crippen LogP contribution in [0.1, 0.15) is 24.6 Å². The summed E-state index contributed by atoms with van der Waals surface area (Å²) in [7, 11) is -3.44. The normalized spacial score (nSPS) is 20.1. The summed E-state index contributed by atoms with van der Waals surface area (Å²) in [5.74, 6) is 0. The fraction of sp³-hybridized carbons (Fsp3) is 0.267. The first-order valence-electron chi connectivity index (χ1n) is 6.67. The second-order valence-corrected chi connectivity index (χ2v) is 6.73. The second kappa shape index (κ2) is 5.34. The Morgan fingerprint density at radius 3 is 2.50 bits per heavy atom. The number of aromatic nitrogens is 1. The van der Waals surface area contributed by atoms with Gasteiger partial charge in [0, 0.05) is 12.7 Å². The first-order valence-corrected chi connectivity index (χ1v) is 8.11. The largest absolute Gasteiger partial charge is 0.260 e. The average Bonchev–Trinajstić information content (AvgIpc) is 2.99. The monoisotopic (exact) mass is 288 g/mol. The summed E-state index contributed by atoms with van der Waals surface area (Å²) in [6.07, 6.45) is 3.40. The lowest BCUT2D eigenvalue weighted by atomic mass is 10.1. The molecule has 1 aliphatic rings. The molecule has 0 amide bonds. The van der Waals surface area contributed by atoms with E-state index in [9.17, 15) is 8.42 Å². The van der Waals surface area contributed by atoms with Crippen molar-refractivity contribution in [2.24, 2.45) is 0 Å². The molecule has 0 spiro atoms. The van der Waals surface area contributed by atoms with E-state index < -0.39 is 10.0 Å². The van der Waals surface area contributed by atoms with Gasteiger partial charge < -0.3 is 0 Å². The average molecular weight is 288 g/mol. The standard InChI is InChI=1S/C15H16N2O2S/c18-20(19,13-7-2-1-3-8-13)17-12-6-10-15(17)14-9-4-5-11-16-14/h1-5,7-9,11,15H,6,10,12H2. The third-order valence-electron chi connectivity index (χ3n) is 3.58. The molecule has 1 saturated heterocycles. The Morgan fingerprint density at radius 1 is 1.05 bits per heavy atom. The van der Waals surface area contributed by atoms with Crippen molar-refractivity contribution in [1.82, 2.24) is 9.29 Å². The van der Waals surface area contributed by atoms with Crippen LogP contribution in [0.25, 0.3) is 0 Å². The Hall–Kier alpha value is -1.72. The summed E-state index contributed by atoms with van der Waals surface area (Å²) in [4.78, 5) is 4.66. The Bertz CT molecular complexity index is 672. The van der Waals surface area contributed by atoms with Gasteiger partial charge in [-0.2, -0.15) is 4.31 Å². The van der Waals surface area contributed by atoms with Gasteiger partial charge in [0.2, 0.25) is 10.0 Å². The molecule has 1 aliphatic heterocycles. The van der Waals surface area contributed by atoms with E-state index >= 15 is 0 Å². The van der Waals surface area contributed by atoms with Crippen molar-refractivity contribution in [3.8, 4) is 0 Å². The first-order chi connectivity index (χ1) is 9.69. The minimum absolute atomic E-state index is 0.151. The van der Waals surface area contributed by atoms with Gasteiger partial charge in [0.1, 0.15) is 0 Å². The zero-order valence-electron chi connectivity index (χ0n) is 11.0. The molecule has 1 unspecified atom stereocenters. The molecule has 0 N–H and O–H groups in total. The zero-order chi connectivity index (χ0) is 14.0. The number of hydrogen-bond donors (Lipinski definition) is 0. The van der Waals surface area contributed by atoms with Crippen molar-refractivity contribution in [2.75, 3.05) is 6.54 Å². The number of hydrogen-bond acceptors (Lipinski definition) is 3. The highest BCUT2D eigenvalue weighted by Crippen LogP contribution is 2.35. The number of rotatable bonds is 3. The molecule has 1 aromatic heterocycles. The van der Waals surface area contributed by atoms with Crippen LogP contribution in [0.15, 0.2) is 59.6 Å². The molecule has 4 nitrogen and oxygen atoms in total. The van der Waals surface area contributed by atoms with Gasteiger partial charge in [-0.25, -0.2) is 8.42 Å². The lowest BCUT2D eigenvalue weighted by molar-refractivity contribution is 0.390. The van der Waals surface area contributed by atoms with Crippen molar-refractivity contribution < 1.29 is 8.42 Å². The first kappa shape index (κ1) is 13.3. The van der Waals surface area contributed by atoms with Gasteiger partial charge in [-0.15, -0.1) is 0 Å². The zero-order valence-corrected chi connectivity index (χ0v) is 11.8. The van der Waals surface area contributed by atoms with E-state index in [2.05, 4.69) is 4.98 Å². The molecule has 0 aliphatic carbocycles. The summed E-state index contributed by atoms with van der Waals surface area (Å²) >= 11 is 0. The number of benzene rings is 1. The molecular weight excluding hydrogens is 272 g/mol. The van der Waals surface area contributed by atoms with Crippen molar-refractivity contribution in [1.29, 1.82) is 0 Å². The molecule has 20 heavy (non-hydrogen) atoms. The van der Waals surface area contributed by atoms with Gasteiger partial charge in [-0.05, 0) is 37.1 Å². The van der Waals surface area contributed by atoms with E-state index in [1.807, 2.05) is 24.3 Å². The minimum atomic E-state index is -3.44. The molecule has 0 saturated carbocycles. The highest BCUT2D eigenvalue weighted by molar-refractivity contribution is 7.89. The van der Waals surface area contributed by atoms with Crippen molar-refractivity contribution in [3.63, 3.8) is 0 Å². The van der Waals surface area contributed by atoms with Crippen LogP contribution >= 0.6 is 0 Å². The van der Waals surface area contributed by atoms with E-state index in [0.29, 0.717) is 11.4 Å². The maximum Gasteiger partial charge on any atom is 0.243 e. The topological polar surface area (TPSA) is 50.3 Å². The molecule has 2 heterocycles. The molecular formula is C15H16N2O2S. The van der Waals surface area contributed by atoms with E-state index in [1.165, 1.54) is 0 Å². The fourth-order valence-electron chi connectivity index (χ4n) is 2.62. The Labute approximate surface area is 119 Å². The van der Waals surface area contributed by atoms with Crippen LogP contribution in [0.2, 0.25) is 0 Å². The Morgan fingerprint density at radius 2 is 1.80 bits per heavy atom. The van der Waals surface area contributed by atoms with Crippen LogP contribution in [-0.4, -0.2) is 24.3 Å². The highest BCUT2D eigenvalue weighted by atomic mass is 32.2. The summed E-state index contributed by atoms with van der Waals surface area (Å²) in [6.45, 7) is 0.554. The van der Waals surface area contributed by atoms with Crippen LogP contribution in [0.4, 0.5) is 0 Å². The Kier molecular flexibility index (Phi) is 3.54. The highest BCUT2D eigenvalue weighted by Gasteiger charge is 2.36. The third kappa shape index (κ3) is 2.34. The van der Waals surface area contributed by atoms with E-state index in [4.69, 9.17) is 0 Å². The van der Waals surface area contributed by atoms with Gasteiger partial charge in [0.05, 0.1) is 16.6 Å². The number of pyridine rings is 1. The maximum atomic E-state index is 12.7. The van der Waals surface area contributed by atoms with Crippen LogP contribution in [0.5, 0.6) is 0 Å². The molecule has 1 atom stereocenters. The number of sulfonamides is 1. The molecule has 0 radical (unpaired) electrons. The number of nitrogens with zero attached hydrogens (tertiary/aromatic N) is 2. The predicted molar refractivity (Wildman–Crippen MR) is 76.5 cm³/mol. The van der Waals surface area contributed by atoms with Gasteiger partial charge in [-0.1, -0.05) is 24.3 Å². The van der Waals surface area contributed by atoms with Crippen molar-refractivity contribution in [2.45, 2.75) is 23.8 Å². The third-order valence-corrected chi connectivity index (χ3v) is 5.51. The summed E-state index contributed by atoms with van der Waals surface area (Å²) in [6, 6.07) is 14.1. The summed E-state index contributed by atoms with van der Waals surface area (Å²) in [5.41, 5.74) is 0.824. The van der Waals surface area contributed by atoms with Gasteiger partial charge in [-0.3, -0.25) is 4.98 Å². The predicted octanol–water partition coefficient (Wildman–Crippen LogP) is 2.61. The molecule has 5 heteroatoms. The SMILES string of the molecule is O=S(=O)(c1ccccc1)N1CCCC1c1ccccn1. The molecule has 1 aromatic carbocycles. The lowest BCUT2D eigenvalue weighted by Crippen LogP contribution is -2.31. The van der Waals surface area contributed by atoms with Crippen molar-refractivity contribution in [3.05, 3.63) is 60.4 Å². The van der Waals surface area contributed by atoms with Crippen LogP contribution < -0.4 is 0 Å². The van der Waals surface area contributed by atoms with E-state index in [0.717, 1.165) is 18.5 Å². The lowest BCUT2D eigenvalue weighted by Gasteiger charge is -2.23. The molecule has 3 rings (SSSR count). The fourth-order valence-corrected chi connectivity index (χ4v) is 4.31. The van der Waals surface area contributed by atoms with E-state index in [1.54, 1.807) is 34.8 Å². The second-order valence-electron chi connectivity index (χ2n) is 4.84. The van der Waals surface area contributed by atoms with Gasteiger partial charge in [0.25, 0.3) is 0 Å². The summed E-state index contributed by atoms with van der Waals surface area (Å²) in [5, 5.41) is 0. The van der Waals surface area contributed by atoms with Crippen molar-refractivity contribution >= 4 is 10.0 Å². The minimum Gasteiger partial charge on any atom is -0.260 e. The molecule has 2 aromatic rings. The van der Waals surface area contributed by atoms with Crippen LogP contribution in [-0.2, 0) is 10.0 Å². The summed E-state index contributed by atoms with van der Waals surface area (Å²) < 4.78 is 27.0. The van der Waals surface area contributed by atoms with Gasteiger partial charge >= 0.3 is 0 Å². The maximum absolute atomic E-state index is 12.7. The van der Waals surface area contributed by atoms with Gasteiger partial charge in [0.15, 0.2) is 0 Å². The van der Waals surface area contributed by atoms with Crippen LogP contribution in [0.3, 0.4) is 0 Å². The smallest absolute Gasteiger partial charge is 0.243 e.